The summed E-state index contributed by atoms with van der Waals surface area (Å²) in [6.07, 6.45) is -3.43. The van der Waals surface area contributed by atoms with Crippen molar-refractivity contribution in [3.8, 4) is 0 Å². The first-order valence-corrected chi connectivity index (χ1v) is 8.62. The Morgan fingerprint density at radius 3 is 1.90 bits per heavy atom. The van der Waals surface area contributed by atoms with Gasteiger partial charge in [-0.05, 0) is 6.92 Å². The molecule has 1 amide bonds. The highest BCUT2D eigenvalue weighted by molar-refractivity contribution is 5.73. The molecule has 0 fully saturated rings. The molecule has 4 atom stereocenters. The number of ether oxygens (including phenoxy) is 5. The Kier molecular flexibility index (Phi) is 12.2. The molecule has 166 valence electrons. The third kappa shape index (κ3) is 13.1. The second kappa shape index (κ2) is 13.4. The van der Waals surface area contributed by atoms with Gasteiger partial charge in [0.1, 0.15) is 38.1 Å². The zero-order valence-electron chi connectivity index (χ0n) is 17.0. The van der Waals surface area contributed by atoms with E-state index in [0.29, 0.717) is 0 Å². The second-order valence-corrected chi connectivity index (χ2v) is 5.97. The summed E-state index contributed by atoms with van der Waals surface area (Å²) in [7, 11) is 0. The number of nitrogens with one attached hydrogen (secondary N) is 1. The number of carboxylic acids is 1. The van der Waals surface area contributed by atoms with Gasteiger partial charge in [0, 0.05) is 27.7 Å². The average molecular weight is 421 g/mol. The molecule has 12 nitrogen and oxygen atoms in total. The van der Waals surface area contributed by atoms with Crippen LogP contribution in [0.2, 0.25) is 0 Å². The maximum atomic E-state index is 11.5. The van der Waals surface area contributed by atoms with E-state index in [9.17, 15) is 24.0 Å². The largest absolute Gasteiger partial charge is 0.480 e. The lowest BCUT2D eigenvalue weighted by molar-refractivity contribution is -0.224. The lowest BCUT2D eigenvalue weighted by Crippen LogP contribution is -2.52. The molecule has 0 aliphatic carbocycles. The summed E-state index contributed by atoms with van der Waals surface area (Å²) in [5.41, 5.74) is 0. The van der Waals surface area contributed by atoms with Gasteiger partial charge in [-0.3, -0.25) is 19.2 Å². The summed E-state index contributed by atoms with van der Waals surface area (Å²) in [5.74, 6) is -3.76. The van der Waals surface area contributed by atoms with Crippen LogP contribution >= 0.6 is 0 Å². The Bertz CT molecular complexity index is 592. The maximum Gasteiger partial charge on any atom is 0.329 e. The van der Waals surface area contributed by atoms with Crippen LogP contribution in [0.1, 0.15) is 34.6 Å². The zero-order chi connectivity index (χ0) is 22.6. The Hall–Kier alpha value is -2.73. The van der Waals surface area contributed by atoms with Gasteiger partial charge in [-0.15, -0.1) is 0 Å². The second-order valence-electron chi connectivity index (χ2n) is 5.97. The number of amides is 1. The number of hydrogen-bond acceptors (Lipinski definition) is 10. The van der Waals surface area contributed by atoms with Crippen molar-refractivity contribution in [2.24, 2.45) is 0 Å². The molecule has 0 aliphatic rings. The fourth-order valence-corrected chi connectivity index (χ4v) is 2.06. The van der Waals surface area contributed by atoms with E-state index in [2.05, 4.69) is 5.32 Å². The first-order chi connectivity index (χ1) is 13.4. The van der Waals surface area contributed by atoms with Crippen molar-refractivity contribution in [2.45, 2.75) is 59.2 Å². The number of carbonyl (C=O) groups is 5. The van der Waals surface area contributed by atoms with Gasteiger partial charge in [0.2, 0.25) is 5.91 Å². The first-order valence-electron chi connectivity index (χ1n) is 8.62. The van der Waals surface area contributed by atoms with Gasteiger partial charge in [-0.25, -0.2) is 4.79 Å². The summed E-state index contributed by atoms with van der Waals surface area (Å²) < 4.78 is 25.6. The SMILES string of the molecule is CC(=O)N[C@@H](COC(C)=O)[C@H](OCC(=O)O)OC(COC(C)=O)[C@H](C)OC(C)=O. The fraction of sp³-hybridized carbons (Fsp3) is 0.706. The van der Waals surface area contributed by atoms with Crippen LogP contribution in [-0.4, -0.2) is 79.3 Å². The van der Waals surface area contributed by atoms with Crippen molar-refractivity contribution in [1.82, 2.24) is 5.32 Å². The predicted octanol–water partition coefficient (Wildman–Crippen LogP) is -0.619. The molecular formula is C17H27NO11. The first kappa shape index (κ1) is 26.3. The van der Waals surface area contributed by atoms with E-state index in [1.807, 2.05) is 0 Å². The maximum absolute atomic E-state index is 11.5. The molecule has 0 saturated heterocycles. The summed E-state index contributed by atoms with van der Waals surface area (Å²) >= 11 is 0. The highest BCUT2D eigenvalue weighted by Crippen LogP contribution is 2.13. The zero-order valence-corrected chi connectivity index (χ0v) is 17.0. The van der Waals surface area contributed by atoms with E-state index in [-0.39, 0.29) is 13.2 Å². The number of carboxylic acid groups (broad SMARTS) is 1. The molecule has 1 unspecified atom stereocenters. The summed E-state index contributed by atoms with van der Waals surface area (Å²) in [5, 5.41) is 11.3. The van der Waals surface area contributed by atoms with Crippen LogP contribution in [0.15, 0.2) is 0 Å². The number of esters is 3. The lowest BCUT2D eigenvalue weighted by atomic mass is 10.2. The molecule has 0 bridgehead atoms. The quantitative estimate of drug-likeness (QED) is 0.221. The molecule has 0 aromatic carbocycles. The van der Waals surface area contributed by atoms with Crippen molar-refractivity contribution >= 4 is 29.8 Å². The highest BCUT2D eigenvalue weighted by Gasteiger charge is 2.32. The molecule has 0 rings (SSSR count). The predicted molar refractivity (Wildman–Crippen MR) is 94.3 cm³/mol. The average Bonchev–Trinajstić information content (AvgIpc) is 2.56. The minimum Gasteiger partial charge on any atom is -0.480 e. The molecule has 0 spiro atoms. The van der Waals surface area contributed by atoms with Gasteiger partial charge in [-0.2, -0.15) is 0 Å². The molecule has 0 aromatic rings. The number of aliphatic carboxylic acids is 1. The molecule has 0 aliphatic heterocycles. The fourth-order valence-electron chi connectivity index (χ4n) is 2.06. The van der Waals surface area contributed by atoms with Crippen LogP contribution in [-0.2, 0) is 47.7 Å². The summed E-state index contributed by atoms with van der Waals surface area (Å²) in [6, 6.07) is -1.10. The van der Waals surface area contributed by atoms with E-state index in [4.69, 9.17) is 28.8 Å². The van der Waals surface area contributed by atoms with Crippen molar-refractivity contribution in [3.05, 3.63) is 0 Å². The molecule has 0 saturated carbocycles. The number of rotatable bonds is 13. The Balaban J connectivity index is 5.59. The molecule has 0 heterocycles. The summed E-state index contributed by atoms with van der Waals surface area (Å²) in [4.78, 5) is 55.9. The Morgan fingerprint density at radius 2 is 1.45 bits per heavy atom. The minimum absolute atomic E-state index is 0.350. The third-order valence-corrected chi connectivity index (χ3v) is 3.19. The molecule has 2 N–H and O–H groups in total. The smallest absolute Gasteiger partial charge is 0.329 e. The van der Waals surface area contributed by atoms with Crippen molar-refractivity contribution in [2.75, 3.05) is 19.8 Å². The Labute approximate surface area is 167 Å². The van der Waals surface area contributed by atoms with Gasteiger partial charge in [-0.1, -0.05) is 0 Å². The van der Waals surface area contributed by atoms with Gasteiger partial charge in [0.25, 0.3) is 0 Å². The van der Waals surface area contributed by atoms with E-state index in [1.54, 1.807) is 0 Å². The van der Waals surface area contributed by atoms with Crippen molar-refractivity contribution in [1.29, 1.82) is 0 Å². The van der Waals surface area contributed by atoms with Crippen molar-refractivity contribution < 1.29 is 52.8 Å². The highest BCUT2D eigenvalue weighted by atomic mass is 16.7. The normalized spacial score (nSPS) is 14.7. The van der Waals surface area contributed by atoms with Gasteiger partial charge in [0.15, 0.2) is 6.29 Å². The molecule has 12 heteroatoms. The number of carbonyl (C=O) groups excluding carboxylic acids is 4. The van der Waals surface area contributed by atoms with Crippen LogP contribution in [0.25, 0.3) is 0 Å². The molecule has 0 aromatic heterocycles. The molecule has 0 radical (unpaired) electrons. The lowest BCUT2D eigenvalue weighted by Gasteiger charge is -2.32. The van der Waals surface area contributed by atoms with E-state index in [0.717, 1.165) is 13.8 Å². The number of hydrogen-bond donors (Lipinski definition) is 2. The van der Waals surface area contributed by atoms with E-state index >= 15 is 0 Å². The van der Waals surface area contributed by atoms with Crippen LogP contribution in [0.4, 0.5) is 0 Å². The van der Waals surface area contributed by atoms with E-state index < -0.39 is 60.9 Å². The molecular weight excluding hydrogens is 394 g/mol. The van der Waals surface area contributed by atoms with Crippen LogP contribution in [0.3, 0.4) is 0 Å². The van der Waals surface area contributed by atoms with Gasteiger partial charge in [0.05, 0.1) is 0 Å². The topological polar surface area (TPSA) is 164 Å². The van der Waals surface area contributed by atoms with Crippen LogP contribution < -0.4 is 5.32 Å². The minimum atomic E-state index is -1.44. The van der Waals surface area contributed by atoms with Gasteiger partial charge < -0.3 is 34.1 Å². The molecule has 29 heavy (non-hydrogen) atoms. The third-order valence-electron chi connectivity index (χ3n) is 3.19. The van der Waals surface area contributed by atoms with Crippen molar-refractivity contribution in [3.63, 3.8) is 0 Å². The van der Waals surface area contributed by atoms with Crippen LogP contribution in [0, 0.1) is 0 Å². The van der Waals surface area contributed by atoms with Crippen LogP contribution in [0.5, 0.6) is 0 Å². The Morgan fingerprint density at radius 1 is 0.897 bits per heavy atom. The monoisotopic (exact) mass is 421 g/mol. The van der Waals surface area contributed by atoms with Gasteiger partial charge >= 0.3 is 23.9 Å². The van der Waals surface area contributed by atoms with E-state index in [1.165, 1.54) is 20.8 Å². The summed E-state index contributed by atoms with van der Waals surface area (Å²) in [6.45, 7) is 4.58. The standard InChI is InChI=1S/C17H27NO11/c1-9(28-13(5)22)15(7-26-12(4)21)29-17(27-8-16(23)24)14(18-10(2)19)6-25-11(3)20/h9,14-15,17H,6-8H2,1-5H3,(H,18,19)(H,23,24)/t9-,14-,15?,17+/m0/s1.